The Balaban J connectivity index is 2.45. The zero-order chi connectivity index (χ0) is 13.1. The summed E-state index contributed by atoms with van der Waals surface area (Å²) in [5.74, 6) is 1.08. The highest BCUT2D eigenvalue weighted by Gasteiger charge is 2.20. The molecule has 0 spiro atoms. The monoisotopic (exact) mass is 314 g/mol. The minimum Gasteiger partial charge on any atom is -0.493 e. The second kappa shape index (κ2) is 5.44. The first-order valence-electron chi connectivity index (χ1n) is 5.26. The van der Waals surface area contributed by atoms with Crippen LogP contribution in [0.1, 0.15) is 16.2 Å². The summed E-state index contributed by atoms with van der Waals surface area (Å²) in [5.41, 5.74) is 0.433. The van der Waals surface area contributed by atoms with Crippen LogP contribution >= 0.6 is 15.9 Å². The molecule has 3 nitrogen and oxygen atoms in total. The van der Waals surface area contributed by atoms with E-state index in [9.17, 15) is 4.39 Å². The van der Waals surface area contributed by atoms with Gasteiger partial charge in [0.05, 0.1) is 20.5 Å². The van der Waals surface area contributed by atoms with Gasteiger partial charge in [-0.15, -0.1) is 0 Å². The van der Waals surface area contributed by atoms with Crippen molar-refractivity contribution in [3.05, 3.63) is 47.7 Å². The fraction of sp³-hybridized carbons (Fsp3) is 0.231. The highest BCUT2D eigenvalue weighted by atomic mass is 79.9. The van der Waals surface area contributed by atoms with E-state index in [1.807, 2.05) is 0 Å². The highest BCUT2D eigenvalue weighted by molar-refractivity contribution is 9.09. The zero-order valence-electron chi connectivity index (χ0n) is 9.94. The van der Waals surface area contributed by atoms with Gasteiger partial charge in [-0.1, -0.05) is 15.9 Å². The SMILES string of the molecule is COc1cc(F)c(C(Br)c2ccco2)cc1OC. The molecule has 96 valence electrons. The van der Waals surface area contributed by atoms with Crippen LogP contribution in [-0.2, 0) is 0 Å². The standard InChI is InChI=1S/C13H12BrFO3/c1-16-11-6-8(9(15)7-12(11)17-2)13(14)10-4-3-5-18-10/h3-7,13H,1-2H3. The van der Waals surface area contributed by atoms with Gasteiger partial charge >= 0.3 is 0 Å². The van der Waals surface area contributed by atoms with Crippen molar-refractivity contribution >= 4 is 15.9 Å². The number of rotatable bonds is 4. The minimum atomic E-state index is -0.383. The Hall–Kier alpha value is -1.49. The van der Waals surface area contributed by atoms with E-state index in [-0.39, 0.29) is 10.6 Å². The molecular formula is C13H12BrFO3. The van der Waals surface area contributed by atoms with Crippen LogP contribution in [-0.4, -0.2) is 14.2 Å². The van der Waals surface area contributed by atoms with Crippen LogP contribution in [0.4, 0.5) is 4.39 Å². The molecule has 0 aliphatic rings. The molecule has 0 aliphatic heterocycles. The summed E-state index contributed by atoms with van der Waals surface area (Å²) in [5, 5.41) is 0. The molecule has 1 atom stereocenters. The van der Waals surface area contributed by atoms with Crippen LogP contribution in [0.25, 0.3) is 0 Å². The van der Waals surface area contributed by atoms with Gasteiger partial charge in [-0.05, 0) is 18.2 Å². The van der Waals surface area contributed by atoms with Crippen molar-refractivity contribution in [2.75, 3.05) is 14.2 Å². The molecule has 1 aromatic carbocycles. The van der Waals surface area contributed by atoms with Gasteiger partial charge in [-0.3, -0.25) is 0 Å². The van der Waals surface area contributed by atoms with E-state index in [1.165, 1.54) is 20.3 Å². The smallest absolute Gasteiger partial charge is 0.163 e. The number of hydrogen-bond donors (Lipinski definition) is 0. The number of benzene rings is 1. The summed E-state index contributed by atoms with van der Waals surface area (Å²) < 4.78 is 29.4. The molecular weight excluding hydrogens is 303 g/mol. The first-order valence-corrected chi connectivity index (χ1v) is 6.17. The van der Waals surface area contributed by atoms with Crippen molar-refractivity contribution in [2.24, 2.45) is 0 Å². The molecule has 5 heteroatoms. The van der Waals surface area contributed by atoms with Gasteiger partial charge in [0.2, 0.25) is 0 Å². The van der Waals surface area contributed by atoms with E-state index < -0.39 is 0 Å². The number of ether oxygens (including phenoxy) is 2. The lowest BCUT2D eigenvalue weighted by Crippen LogP contribution is -1.99. The van der Waals surface area contributed by atoms with Crippen molar-refractivity contribution in [1.29, 1.82) is 0 Å². The molecule has 0 saturated carbocycles. The zero-order valence-corrected chi connectivity index (χ0v) is 11.5. The van der Waals surface area contributed by atoms with Crippen molar-refractivity contribution in [3.8, 4) is 11.5 Å². The van der Waals surface area contributed by atoms with Crippen LogP contribution < -0.4 is 9.47 Å². The Morgan fingerprint density at radius 2 is 1.89 bits per heavy atom. The molecule has 0 fully saturated rings. The van der Waals surface area contributed by atoms with Crippen LogP contribution in [0.15, 0.2) is 34.9 Å². The Morgan fingerprint density at radius 3 is 2.44 bits per heavy atom. The van der Waals surface area contributed by atoms with Crippen molar-refractivity contribution in [1.82, 2.24) is 0 Å². The fourth-order valence-electron chi connectivity index (χ4n) is 1.65. The molecule has 1 unspecified atom stereocenters. The van der Waals surface area contributed by atoms with E-state index in [1.54, 1.807) is 24.5 Å². The lowest BCUT2D eigenvalue weighted by atomic mass is 10.1. The third-order valence-corrected chi connectivity index (χ3v) is 3.51. The van der Waals surface area contributed by atoms with Gasteiger partial charge < -0.3 is 13.9 Å². The van der Waals surface area contributed by atoms with E-state index in [0.717, 1.165) is 0 Å². The average Bonchev–Trinajstić information content (AvgIpc) is 2.91. The number of hydrogen-bond acceptors (Lipinski definition) is 3. The number of methoxy groups -OCH3 is 2. The van der Waals surface area contributed by atoms with Gasteiger partial charge in [-0.2, -0.15) is 0 Å². The third-order valence-electron chi connectivity index (χ3n) is 2.57. The molecule has 0 bridgehead atoms. The lowest BCUT2D eigenvalue weighted by molar-refractivity contribution is 0.351. The summed E-state index contributed by atoms with van der Waals surface area (Å²) in [4.78, 5) is -0.368. The quantitative estimate of drug-likeness (QED) is 0.802. The van der Waals surface area contributed by atoms with E-state index in [4.69, 9.17) is 13.9 Å². The Bertz CT molecular complexity index is 525. The molecule has 0 N–H and O–H groups in total. The molecule has 0 saturated heterocycles. The number of furan rings is 1. The second-order valence-corrected chi connectivity index (χ2v) is 4.52. The lowest BCUT2D eigenvalue weighted by Gasteiger charge is -2.13. The van der Waals surface area contributed by atoms with Gasteiger partial charge in [0.1, 0.15) is 16.4 Å². The van der Waals surface area contributed by atoms with Crippen LogP contribution in [0, 0.1) is 5.82 Å². The van der Waals surface area contributed by atoms with E-state index >= 15 is 0 Å². The Kier molecular flexibility index (Phi) is 3.91. The van der Waals surface area contributed by atoms with Gasteiger partial charge in [0.25, 0.3) is 0 Å². The third kappa shape index (κ3) is 2.36. The maximum Gasteiger partial charge on any atom is 0.163 e. The maximum absolute atomic E-state index is 14.0. The normalized spacial score (nSPS) is 12.2. The van der Waals surface area contributed by atoms with Crippen LogP contribution in [0.3, 0.4) is 0 Å². The van der Waals surface area contributed by atoms with E-state index in [0.29, 0.717) is 22.8 Å². The highest BCUT2D eigenvalue weighted by Crippen LogP contribution is 2.38. The van der Waals surface area contributed by atoms with E-state index in [2.05, 4.69) is 15.9 Å². The van der Waals surface area contributed by atoms with Crippen LogP contribution in [0.2, 0.25) is 0 Å². The van der Waals surface area contributed by atoms with Crippen LogP contribution in [0.5, 0.6) is 11.5 Å². The van der Waals surface area contributed by atoms with Crippen molar-refractivity contribution in [2.45, 2.75) is 4.83 Å². The Morgan fingerprint density at radius 1 is 1.22 bits per heavy atom. The summed E-state index contributed by atoms with van der Waals surface area (Å²) in [6, 6.07) is 6.42. The molecule has 0 radical (unpaired) electrons. The molecule has 2 rings (SSSR count). The number of halogens is 2. The summed E-state index contributed by atoms with van der Waals surface area (Å²) in [6.07, 6.45) is 1.54. The topological polar surface area (TPSA) is 31.6 Å². The Labute approximate surface area is 113 Å². The first-order chi connectivity index (χ1) is 8.67. The first kappa shape index (κ1) is 13.0. The van der Waals surface area contributed by atoms with Crippen molar-refractivity contribution in [3.63, 3.8) is 0 Å². The minimum absolute atomic E-state index is 0.359. The molecule has 0 amide bonds. The predicted molar refractivity (Wildman–Crippen MR) is 69.0 cm³/mol. The molecule has 1 heterocycles. The number of alkyl halides is 1. The average molecular weight is 315 g/mol. The molecule has 18 heavy (non-hydrogen) atoms. The summed E-state index contributed by atoms with van der Waals surface area (Å²) in [6.45, 7) is 0. The molecule has 1 aromatic heterocycles. The maximum atomic E-state index is 14.0. The van der Waals surface area contributed by atoms with Gasteiger partial charge in [0.15, 0.2) is 11.5 Å². The van der Waals surface area contributed by atoms with Gasteiger partial charge in [0, 0.05) is 11.6 Å². The largest absolute Gasteiger partial charge is 0.493 e. The predicted octanol–water partition coefficient (Wildman–Crippen LogP) is 3.92. The molecule has 2 aromatic rings. The summed E-state index contributed by atoms with van der Waals surface area (Å²) in [7, 11) is 2.98. The van der Waals surface area contributed by atoms with Gasteiger partial charge in [-0.25, -0.2) is 4.39 Å². The molecule has 0 aliphatic carbocycles. The summed E-state index contributed by atoms with van der Waals surface area (Å²) >= 11 is 3.40. The fourth-order valence-corrected chi connectivity index (χ4v) is 2.26. The van der Waals surface area contributed by atoms with Crippen molar-refractivity contribution < 1.29 is 18.3 Å². The second-order valence-electron chi connectivity index (χ2n) is 3.61.